The minimum absolute atomic E-state index is 0.0806. The van der Waals surface area contributed by atoms with Gasteiger partial charge in [0.25, 0.3) is 0 Å². The molecule has 0 aromatic carbocycles. The number of hydrogen-bond donors (Lipinski definition) is 0. The highest BCUT2D eigenvalue weighted by atomic mass is 16.6. The molecule has 3 aliphatic rings. The number of rotatable bonds is 3. The van der Waals surface area contributed by atoms with Crippen LogP contribution in [0.15, 0.2) is 0 Å². The Hall–Kier alpha value is -1.06. The third kappa shape index (κ3) is 1.57. The molecule has 6 unspecified atom stereocenters. The molecule has 3 rings (SSSR count). The zero-order valence-electron chi connectivity index (χ0n) is 11.1. The second kappa shape index (κ2) is 3.97. The molecule has 0 aromatic heterocycles. The van der Waals surface area contributed by atoms with Gasteiger partial charge in [-0.15, -0.1) is 0 Å². The second-order valence-corrected chi connectivity index (χ2v) is 6.34. The maximum Gasteiger partial charge on any atom is 0.309 e. The third-order valence-corrected chi connectivity index (χ3v) is 5.04. The van der Waals surface area contributed by atoms with Crippen molar-refractivity contribution in [2.45, 2.75) is 45.8 Å². The molecule has 1 saturated heterocycles. The molecule has 2 saturated carbocycles. The average molecular weight is 252 g/mol. The maximum atomic E-state index is 12.0. The molecule has 0 radical (unpaired) electrons. The minimum atomic E-state index is -0.189. The van der Waals surface area contributed by atoms with Crippen molar-refractivity contribution in [3.05, 3.63) is 0 Å². The Morgan fingerprint density at radius 1 is 1.33 bits per heavy atom. The molecule has 18 heavy (non-hydrogen) atoms. The molecule has 0 amide bonds. The lowest BCUT2D eigenvalue weighted by molar-refractivity contribution is -0.166. The van der Waals surface area contributed by atoms with Crippen molar-refractivity contribution in [1.82, 2.24) is 0 Å². The fourth-order valence-electron chi connectivity index (χ4n) is 3.58. The molecule has 4 nitrogen and oxygen atoms in total. The van der Waals surface area contributed by atoms with Crippen LogP contribution in [0.5, 0.6) is 0 Å². The molecule has 3 fully saturated rings. The van der Waals surface area contributed by atoms with Gasteiger partial charge in [-0.25, -0.2) is 0 Å². The van der Waals surface area contributed by atoms with E-state index in [-0.39, 0.29) is 41.9 Å². The summed E-state index contributed by atoms with van der Waals surface area (Å²) in [6.45, 7) is 5.92. The number of esters is 2. The van der Waals surface area contributed by atoms with Gasteiger partial charge in [-0.2, -0.15) is 0 Å². The van der Waals surface area contributed by atoms with Gasteiger partial charge in [0.15, 0.2) is 0 Å². The largest absolute Gasteiger partial charge is 0.458 e. The monoisotopic (exact) mass is 252 g/mol. The van der Waals surface area contributed by atoms with Crippen LogP contribution in [-0.4, -0.2) is 24.1 Å². The Morgan fingerprint density at radius 2 is 2.06 bits per heavy atom. The van der Waals surface area contributed by atoms with Crippen molar-refractivity contribution in [1.29, 1.82) is 0 Å². The molecular weight excluding hydrogens is 232 g/mol. The highest BCUT2D eigenvalue weighted by molar-refractivity contribution is 5.77. The van der Waals surface area contributed by atoms with Crippen molar-refractivity contribution in [3.8, 4) is 0 Å². The summed E-state index contributed by atoms with van der Waals surface area (Å²) in [5.41, 5.74) is 0. The van der Waals surface area contributed by atoms with Crippen LogP contribution in [0.25, 0.3) is 0 Å². The van der Waals surface area contributed by atoms with Gasteiger partial charge < -0.3 is 9.47 Å². The number of carbonyl (C=O) groups excluding carboxylic acids is 2. The van der Waals surface area contributed by atoms with Gasteiger partial charge in [0.1, 0.15) is 12.2 Å². The highest BCUT2D eigenvalue weighted by Gasteiger charge is 2.63. The average Bonchev–Trinajstić information content (AvgIpc) is 2.92. The second-order valence-electron chi connectivity index (χ2n) is 6.34. The maximum absolute atomic E-state index is 12.0. The quantitative estimate of drug-likeness (QED) is 0.718. The lowest BCUT2D eigenvalue weighted by Gasteiger charge is -2.27. The van der Waals surface area contributed by atoms with Crippen molar-refractivity contribution in [3.63, 3.8) is 0 Å². The van der Waals surface area contributed by atoms with Crippen molar-refractivity contribution < 1.29 is 19.1 Å². The summed E-state index contributed by atoms with van der Waals surface area (Å²) in [6.07, 6.45) is 1.47. The van der Waals surface area contributed by atoms with Crippen molar-refractivity contribution in [2.24, 2.45) is 29.6 Å². The molecular formula is C14H20O4. The number of hydrogen-bond acceptors (Lipinski definition) is 4. The van der Waals surface area contributed by atoms with Crippen LogP contribution in [-0.2, 0) is 19.1 Å². The Morgan fingerprint density at radius 3 is 2.72 bits per heavy atom. The summed E-state index contributed by atoms with van der Waals surface area (Å²) in [5.74, 6) is 0.656. The summed E-state index contributed by atoms with van der Waals surface area (Å²) in [4.78, 5) is 23.6. The topological polar surface area (TPSA) is 52.6 Å². The van der Waals surface area contributed by atoms with Crippen LogP contribution in [0, 0.1) is 29.6 Å². The molecule has 6 atom stereocenters. The first-order valence-electron chi connectivity index (χ1n) is 6.90. The predicted molar refractivity (Wildman–Crippen MR) is 63.5 cm³/mol. The van der Waals surface area contributed by atoms with Crippen LogP contribution < -0.4 is 0 Å². The Labute approximate surface area is 107 Å². The number of ether oxygens (including phenoxy) is 2. The van der Waals surface area contributed by atoms with E-state index < -0.39 is 0 Å². The first-order chi connectivity index (χ1) is 8.49. The fraction of sp³-hybridized carbons (Fsp3) is 0.857. The van der Waals surface area contributed by atoms with Crippen LogP contribution in [0.1, 0.15) is 33.6 Å². The molecule has 0 aromatic rings. The number of carbonyl (C=O) groups is 2. The van der Waals surface area contributed by atoms with Gasteiger partial charge in [-0.1, -0.05) is 20.8 Å². The van der Waals surface area contributed by atoms with Gasteiger partial charge in [-0.3, -0.25) is 9.59 Å². The van der Waals surface area contributed by atoms with Gasteiger partial charge in [0.05, 0.1) is 11.8 Å². The van der Waals surface area contributed by atoms with E-state index in [1.54, 1.807) is 0 Å². The lowest BCUT2D eigenvalue weighted by atomic mass is 9.88. The highest BCUT2D eigenvalue weighted by Crippen LogP contribution is 2.55. The standard InChI is InChI=1S/C14H20O4/c1-6(2)7(3)13(15)17-11-8-4-9-10(5-8)14(16)18-12(9)11/h6-12H,4-5H2,1-3H3. The molecule has 0 N–H and O–H groups in total. The van der Waals surface area contributed by atoms with E-state index >= 15 is 0 Å². The summed E-state index contributed by atoms with van der Waals surface area (Å²) in [6, 6.07) is 0. The Balaban J connectivity index is 1.69. The molecule has 2 bridgehead atoms. The van der Waals surface area contributed by atoms with E-state index in [0.717, 1.165) is 12.8 Å². The predicted octanol–water partition coefficient (Wildman–Crippen LogP) is 1.77. The van der Waals surface area contributed by atoms with Gasteiger partial charge >= 0.3 is 11.9 Å². The summed E-state index contributed by atoms with van der Waals surface area (Å²) in [5, 5.41) is 0. The minimum Gasteiger partial charge on any atom is -0.458 e. The first-order valence-corrected chi connectivity index (χ1v) is 6.90. The van der Waals surface area contributed by atoms with E-state index in [0.29, 0.717) is 11.8 Å². The molecule has 4 heteroatoms. The van der Waals surface area contributed by atoms with Crippen molar-refractivity contribution >= 4 is 11.9 Å². The van der Waals surface area contributed by atoms with E-state index in [1.807, 2.05) is 20.8 Å². The van der Waals surface area contributed by atoms with E-state index in [9.17, 15) is 9.59 Å². The zero-order chi connectivity index (χ0) is 13.0. The van der Waals surface area contributed by atoms with Gasteiger partial charge in [0, 0.05) is 11.8 Å². The first kappa shape index (κ1) is 12.0. The molecule has 0 spiro atoms. The van der Waals surface area contributed by atoms with Crippen molar-refractivity contribution in [2.75, 3.05) is 0 Å². The summed E-state index contributed by atoms with van der Waals surface area (Å²) >= 11 is 0. The normalized spacial score (nSPS) is 42.2. The van der Waals surface area contributed by atoms with Gasteiger partial charge in [-0.05, 0) is 18.8 Å². The van der Waals surface area contributed by atoms with Crippen LogP contribution >= 0.6 is 0 Å². The van der Waals surface area contributed by atoms with E-state index in [4.69, 9.17) is 9.47 Å². The fourth-order valence-corrected chi connectivity index (χ4v) is 3.58. The van der Waals surface area contributed by atoms with E-state index in [2.05, 4.69) is 0 Å². The summed E-state index contributed by atoms with van der Waals surface area (Å²) in [7, 11) is 0. The zero-order valence-corrected chi connectivity index (χ0v) is 11.1. The van der Waals surface area contributed by atoms with Crippen LogP contribution in [0.4, 0.5) is 0 Å². The SMILES string of the molecule is CC(C)C(C)C(=O)OC1C2CC3C(=O)OC1C3C2. The third-order valence-electron chi connectivity index (χ3n) is 5.04. The molecule has 1 heterocycles. The smallest absolute Gasteiger partial charge is 0.309 e. The molecule has 2 aliphatic carbocycles. The van der Waals surface area contributed by atoms with Gasteiger partial charge in [0.2, 0.25) is 0 Å². The lowest BCUT2D eigenvalue weighted by Crippen LogP contribution is -2.37. The van der Waals surface area contributed by atoms with Crippen LogP contribution in [0.3, 0.4) is 0 Å². The van der Waals surface area contributed by atoms with E-state index in [1.165, 1.54) is 0 Å². The van der Waals surface area contributed by atoms with Crippen LogP contribution in [0.2, 0.25) is 0 Å². The number of fused-ring (bicyclic) bond motifs is 1. The molecule has 100 valence electrons. The molecule has 1 aliphatic heterocycles. The Bertz CT molecular complexity index is 389. The summed E-state index contributed by atoms with van der Waals surface area (Å²) < 4.78 is 11.0. The Kier molecular flexibility index (Phi) is 2.65.